The highest BCUT2D eigenvalue weighted by Crippen LogP contribution is 2.47. The molecule has 1 aromatic carbocycles. The van der Waals surface area contributed by atoms with Crippen LogP contribution >= 0.6 is 11.6 Å². The summed E-state index contributed by atoms with van der Waals surface area (Å²) in [6.07, 6.45) is 0. The number of anilines is 1. The molecule has 2 N–H and O–H groups in total. The summed E-state index contributed by atoms with van der Waals surface area (Å²) in [5.74, 6) is -0.983. The molecular weight excluding hydrogens is 309 g/mol. The van der Waals surface area contributed by atoms with Gasteiger partial charge >= 0.3 is 5.97 Å². The van der Waals surface area contributed by atoms with E-state index in [4.69, 9.17) is 16.3 Å². The van der Waals surface area contributed by atoms with Gasteiger partial charge in [0.2, 0.25) is 0 Å². The number of carbonyl (C=O) groups is 1. The Labute approximate surface area is 130 Å². The van der Waals surface area contributed by atoms with Gasteiger partial charge in [-0.25, -0.2) is 9.18 Å². The van der Waals surface area contributed by atoms with Crippen molar-refractivity contribution in [2.45, 2.75) is 12.8 Å². The SMILES string of the molecule is Cc1[nH]nc2c1C(c1c(F)cccc1Cl)C1=C(COC1=O)N2. The van der Waals surface area contributed by atoms with Gasteiger partial charge in [-0.3, -0.25) is 5.10 Å². The molecule has 1 aromatic heterocycles. The molecule has 1 unspecified atom stereocenters. The van der Waals surface area contributed by atoms with Crippen LogP contribution in [0.5, 0.6) is 0 Å². The van der Waals surface area contributed by atoms with E-state index in [0.717, 1.165) is 5.69 Å². The monoisotopic (exact) mass is 319 g/mol. The molecule has 0 radical (unpaired) electrons. The number of esters is 1. The van der Waals surface area contributed by atoms with Crippen molar-refractivity contribution < 1.29 is 13.9 Å². The Bertz CT molecular complexity index is 823. The van der Waals surface area contributed by atoms with E-state index in [2.05, 4.69) is 15.5 Å². The number of carbonyl (C=O) groups excluding carboxylic acids is 1. The molecule has 2 aliphatic heterocycles. The topological polar surface area (TPSA) is 67.0 Å². The maximum Gasteiger partial charge on any atom is 0.337 e. The molecule has 2 aliphatic rings. The molecule has 0 bridgehead atoms. The van der Waals surface area contributed by atoms with Crippen molar-refractivity contribution in [2.24, 2.45) is 0 Å². The van der Waals surface area contributed by atoms with E-state index in [1.54, 1.807) is 6.07 Å². The molecule has 0 spiro atoms. The molecule has 0 saturated carbocycles. The quantitative estimate of drug-likeness (QED) is 0.793. The molecule has 112 valence electrons. The molecule has 4 rings (SSSR count). The van der Waals surface area contributed by atoms with Crippen LogP contribution in [0.15, 0.2) is 29.5 Å². The fourth-order valence-electron chi connectivity index (χ4n) is 3.06. The van der Waals surface area contributed by atoms with E-state index in [-0.39, 0.29) is 17.2 Å². The van der Waals surface area contributed by atoms with Crippen LogP contribution < -0.4 is 5.32 Å². The summed E-state index contributed by atoms with van der Waals surface area (Å²) >= 11 is 6.22. The van der Waals surface area contributed by atoms with Crippen LogP contribution in [0.4, 0.5) is 10.2 Å². The second kappa shape index (κ2) is 4.58. The standard InChI is InChI=1S/C15H11ClFN3O2/c1-6-10-13(11-7(16)3-2-4-8(11)17)12-9(5-22-15(12)21)18-14(10)20-19-6/h2-4,13H,5H2,1H3,(H2,18,19,20). The highest BCUT2D eigenvalue weighted by atomic mass is 35.5. The van der Waals surface area contributed by atoms with Crippen molar-refractivity contribution in [3.05, 3.63) is 57.1 Å². The molecule has 2 aromatic rings. The Morgan fingerprint density at radius 3 is 3.00 bits per heavy atom. The third-order valence-electron chi connectivity index (χ3n) is 4.02. The molecule has 5 nitrogen and oxygen atoms in total. The zero-order valence-electron chi connectivity index (χ0n) is 11.5. The van der Waals surface area contributed by atoms with Gasteiger partial charge in [-0.1, -0.05) is 17.7 Å². The summed E-state index contributed by atoms with van der Waals surface area (Å²) in [6, 6.07) is 4.48. The van der Waals surface area contributed by atoms with Crippen molar-refractivity contribution in [1.82, 2.24) is 10.2 Å². The molecule has 0 fully saturated rings. The lowest BCUT2D eigenvalue weighted by molar-refractivity contribution is -0.136. The number of fused-ring (bicyclic) bond motifs is 1. The van der Waals surface area contributed by atoms with Gasteiger partial charge in [0.05, 0.1) is 17.2 Å². The zero-order chi connectivity index (χ0) is 15.4. The first-order chi connectivity index (χ1) is 10.6. The third kappa shape index (κ3) is 1.70. The van der Waals surface area contributed by atoms with Crippen LogP contribution in [0.25, 0.3) is 0 Å². The fraction of sp³-hybridized carbons (Fsp3) is 0.200. The number of aryl methyl sites for hydroxylation is 1. The van der Waals surface area contributed by atoms with Gasteiger partial charge in [-0.15, -0.1) is 0 Å². The summed E-state index contributed by atoms with van der Waals surface area (Å²) in [4.78, 5) is 12.1. The van der Waals surface area contributed by atoms with Crippen molar-refractivity contribution in [2.75, 3.05) is 11.9 Å². The van der Waals surface area contributed by atoms with Gasteiger partial charge < -0.3 is 10.1 Å². The molecule has 7 heteroatoms. The summed E-state index contributed by atoms with van der Waals surface area (Å²) in [7, 11) is 0. The predicted octanol–water partition coefficient (Wildman–Crippen LogP) is 2.88. The van der Waals surface area contributed by atoms with E-state index in [1.165, 1.54) is 12.1 Å². The number of H-pyrrole nitrogens is 1. The molecule has 0 amide bonds. The lowest BCUT2D eigenvalue weighted by atomic mass is 9.81. The first-order valence-electron chi connectivity index (χ1n) is 6.74. The van der Waals surface area contributed by atoms with Gasteiger partial charge in [0.25, 0.3) is 0 Å². The molecular formula is C15H11ClFN3O2. The normalized spacial score (nSPS) is 19.6. The number of aromatic nitrogens is 2. The average molecular weight is 320 g/mol. The predicted molar refractivity (Wildman–Crippen MR) is 78.2 cm³/mol. The number of benzene rings is 1. The van der Waals surface area contributed by atoms with Gasteiger partial charge in [0.15, 0.2) is 5.82 Å². The zero-order valence-corrected chi connectivity index (χ0v) is 12.3. The number of hydrogen-bond acceptors (Lipinski definition) is 4. The number of cyclic esters (lactones) is 1. The Morgan fingerprint density at radius 1 is 1.41 bits per heavy atom. The number of halogens is 2. The minimum absolute atomic E-state index is 0.127. The van der Waals surface area contributed by atoms with Crippen molar-refractivity contribution in [3.8, 4) is 0 Å². The largest absolute Gasteiger partial charge is 0.456 e. The summed E-state index contributed by atoms with van der Waals surface area (Å²) in [5.41, 5.74) is 2.72. The van der Waals surface area contributed by atoms with Gasteiger partial charge in [-0.2, -0.15) is 5.10 Å². The molecule has 1 atom stereocenters. The third-order valence-corrected chi connectivity index (χ3v) is 4.35. The first kappa shape index (κ1) is 13.3. The lowest BCUT2D eigenvalue weighted by Gasteiger charge is -2.25. The lowest BCUT2D eigenvalue weighted by Crippen LogP contribution is -2.21. The Balaban J connectivity index is 2.02. The van der Waals surface area contributed by atoms with Gasteiger partial charge in [0, 0.05) is 21.8 Å². The highest BCUT2D eigenvalue weighted by Gasteiger charge is 2.42. The average Bonchev–Trinajstić information content (AvgIpc) is 3.03. The minimum atomic E-state index is -0.631. The maximum atomic E-state index is 14.4. The minimum Gasteiger partial charge on any atom is -0.456 e. The number of hydrogen-bond donors (Lipinski definition) is 2. The molecule has 22 heavy (non-hydrogen) atoms. The van der Waals surface area contributed by atoms with Crippen LogP contribution in [0.3, 0.4) is 0 Å². The molecule has 0 saturated heterocycles. The Morgan fingerprint density at radius 2 is 2.23 bits per heavy atom. The number of rotatable bonds is 1. The van der Waals surface area contributed by atoms with E-state index in [1.807, 2.05) is 6.92 Å². The summed E-state index contributed by atoms with van der Waals surface area (Å²) < 4.78 is 19.5. The van der Waals surface area contributed by atoms with E-state index in [0.29, 0.717) is 22.7 Å². The smallest absolute Gasteiger partial charge is 0.337 e. The number of nitrogens with zero attached hydrogens (tertiary/aromatic N) is 1. The van der Waals surface area contributed by atoms with Crippen LogP contribution in [0.2, 0.25) is 5.02 Å². The number of ether oxygens (including phenoxy) is 1. The summed E-state index contributed by atoms with van der Waals surface area (Å²) in [6.45, 7) is 1.95. The van der Waals surface area contributed by atoms with Crippen molar-refractivity contribution in [1.29, 1.82) is 0 Å². The summed E-state index contributed by atoms with van der Waals surface area (Å²) in [5, 5.41) is 10.4. The van der Waals surface area contributed by atoms with Crippen LogP contribution in [-0.4, -0.2) is 22.8 Å². The second-order valence-corrected chi connectivity index (χ2v) is 5.68. The number of nitrogens with one attached hydrogen (secondary N) is 2. The van der Waals surface area contributed by atoms with E-state index >= 15 is 0 Å². The second-order valence-electron chi connectivity index (χ2n) is 5.27. The fourth-order valence-corrected chi connectivity index (χ4v) is 3.33. The van der Waals surface area contributed by atoms with Crippen molar-refractivity contribution in [3.63, 3.8) is 0 Å². The Hall–Kier alpha value is -2.34. The van der Waals surface area contributed by atoms with E-state index in [9.17, 15) is 9.18 Å². The van der Waals surface area contributed by atoms with Crippen LogP contribution in [0, 0.1) is 12.7 Å². The highest BCUT2D eigenvalue weighted by molar-refractivity contribution is 6.31. The van der Waals surface area contributed by atoms with E-state index < -0.39 is 17.7 Å². The molecule has 0 aliphatic carbocycles. The maximum absolute atomic E-state index is 14.4. The van der Waals surface area contributed by atoms with Crippen LogP contribution in [-0.2, 0) is 9.53 Å². The van der Waals surface area contributed by atoms with Crippen molar-refractivity contribution >= 4 is 23.4 Å². The number of aromatic amines is 1. The van der Waals surface area contributed by atoms with Gasteiger partial charge in [0.1, 0.15) is 12.4 Å². The Kier molecular flexibility index (Phi) is 2.77. The molecule has 3 heterocycles. The first-order valence-corrected chi connectivity index (χ1v) is 7.11. The van der Waals surface area contributed by atoms with Gasteiger partial charge in [-0.05, 0) is 19.1 Å². The van der Waals surface area contributed by atoms with Crippen LogP contribution in [0.1, 0.15) is 22.7 Å².